The van der Waals surface area contributed by atoms with Crippen molar-refractivity contribution in [3.63, 3.8) is 0 Å². The minimum atomic E-state index is -1.09. The van der Waals surface area contributed by atoms with E-state index in [9.17, 15) is 19.2 Å². The maximum atomic E-state index is 13.3. The number of carbonyl (C=O) groups excluding carboxylic acids is 4. The minimum absolute atomic E-state index is 0.125. The SMILES string of the molecule is CN1C(=O)c2cc(C(=O)N3CCC(C(N)=O)CC3)nn2CC1(C)C(=O)NC1CCCCCC1. The van der Waals surface area contributed by atoms with Gasteiger partial charge in [-0.3, -0.25) is 23.9 Å². The number of rotatable bonds is 4. The summed E-state index contributed by atoms with van der Waals surface area (Å²) in [5.74, 6) is -1.35. The molecule has 1 unspecified atom stereocenters. The largest absolute Gasteiger partial charge is 0.369 e. The Morgan fingerprint density at radius 1 is 1.09 bits per heavy atom. The maximum absolute atomic E-state index is 13.3. The Morgan fingerprint density at radius 3 is 2.33 bits per heavy atom. The molecule has 2 fully saturated rings. The lowest BCUT2D eigenvalue weighted by Gasteiger charge is -2.41. The molecule has 0 aromatic carbocycles. The normalized spacial score (nSPS) is 24.8. The fourth-order valence-corrected chi connectivity index (χ4v) is 5.13. The average molecular weight is 459 g/mol. The number of fused-ring (bicyclic) bond motifs is 1. The highest BCUT2D eigenvalue weighted by Gasteiger charge is 2.47. The summed E-state index contributed by atoms with van der Waals surface area (Å²) >= 11 is 0. The fraction of sp³-hybridized carbons (Fsp3) is 0.696. The number of primary amides is 1. The molecule has 4 amide bonds. The van der Waals surface area contributed by atoms with E-state index >= 15 is 0 Å². The van der Waals surface area contributed by atoms with Crippen LogP contribution in [0.2, 0.25) is 0 Å². The van der Waals surface area contributed by atoms with Crippen LogP contribution < -0.4 is 11.1 Å². The van der Waals surface area contributed by atoms with Gasteiger partial charge in [0.1, 0.15) is 11.2 Å². The Kier molecular flexibility index (Phi) is 6.45. The summed E-state index contributed by atoms with van der Waals surface area (Å²) in [6.07, 6.45) is 7.54. The van der Waals surface area contributed by atoms with Crippen LogP contribution in [0.5, 0.6) is 0 Å². The van der Waals surface area contributed by atoms with Gasteiger partial charge in [-0.25, -0.2) is 0 Å². The van der Waals surface area contributed by atoms with Crippen molar-refractivity contribution in [1.82, 2.24) is 24.9 Å². The molecule has 10 heteroatoms. The molecule has 1 saturated carbocycles. The van der Waals surface area contributed by atoms with Crippen LogP contribution in [-0.2, 0) is 16.1 Å². The van der Waals surface area contributed by atoms with E-state index in [4.69, 9.17) is 5.73 Å². The van der Waals surface area contributed by atoms with Gasteiger partial charge in [0.25, 0.3) is 11.8 Å². The van der Waals surface area contributed by atoms with Crippen molar-refractivity contribution >= 4 is 23.6 Å². The predicted molar refractivity (Wildman–Crippen MR) is 120 cm³/mol. The van der Waals surface area contributed by atoms with Crippen LogP contribution in [0, 0.1) is 5.92 Å². The van der Waals surface area contributed by atoms with E-state index in [-0.39, 0.29) is 47.8 Å². The molecule has 0 radical (unpaired) electrons. The molecule has 1 aromatic heterocycles. The summed E-state index contributed by atoms with van der Waals surface area (Å²) in [5, 5.41) is 7.57. The second kappa shape index (κ2) is 9.15. The number of likely N-dealkylation sites (tertiary alicyclic amines) is 1. The van der Waals surface area contributed by atoms with Gasteiger partial charge in [0.2, 0.25) is 11.8 Å². The summed E-state index contributed by atoms with van der Waals surface area (Å²) in [4.78, 5) is 53.9. The molecule has 2 aliphatic heterocycles. The summed E-state index contributed by atoms with van der Waals surface area (Å²) in [6, 6.07) is 1.63. The number of aromatic nitrogens is 2. The third-order valence-electron chi connectivity index (χ3n) is 7.58. The maximum Gasteiger partial charge on any atom is 0.274 e. The number of carbonyl (C=O) groups is 4. The summed E-state index contributed by atoms with van der Waals surface area (Å²) in [5.41, 5.74) is 4.76. The van der Waals surface area contributed by atoms with Gasteiger partial charge in [0.15, 0.2) is 5.69 Å². The Balaban J connectivity index is 1.48. The fourth-order valence-electron chi connectivity index (χ4n) is 5.13. The Bertz CT molecular complexity index is 943. The number of hydrogen-bond donors (Lipinski definition) is 2. The van der Waals surface area contributed by atoms with Crippen molar-refractivity contribution in [3.05, 3.63) is 17.5 Å². The first kappa shape index (κ1) is 23.3. The van der Waals surface area contributed by atoms with Gasteiger partial charge in [-0.15, -0.1) is 0 Å². The monoisotopic (exact) mass is 458 g/mol. The standard InChI is InChI=1S/C23H34N6O4/c1-23(22(33)25-16-7-5-3-4-6-8-16)14-29-18(21(32)27(23)2)13-17(26-29)20(31)28-11-9-15(10-12-28)19(24)30/h13,15-16H,3-12,14H2,1-2H3,(H2,24,30)(H,25,33). The van der Waals surface area contributed by atoms with Crippen LogP contribution in [0.4, 0.5) is 0 Å². The number of amides is 4. The van der Waals surface area contributed by atoms with Crippen molar-refractivity contribution in [2.45, 2.75) is 76.4 Å². The summed E-state index contributed by atoms with van der Waals surface area (Å²) in [7, 11) is 1.63. The van der Waals surface area contributed by atoms with Crippen molar-refractivity contribution in [2.24, 2.45) is 11.7 Å². The first-order chi connectivity index (χ1) is 15.7. The number of likely N-dealkylation sites (N-methyl/N-ethyl adjacent to an activating group) is 1. The summed E-state index contributed by atoms with van der Waals surface area (Å²) in [6.45, 7) is 2.77. The van der Waals surface area contributed by atoms with Gasteiger partial charge in [0, 0.05) is 38.2 Å². The highest BCUT2D eigenvalue weighted by atomic mass is 16.2. The molecule has 0 spiro atoms. The lowest BCUT2D eigenvalue weighted by molar-refractivity contribution is -0.133. The first-order valence-corrected chi connectivity index (χ1v) is 12.0. The van der Waals surface area contributed by atoms with Crippen LogP contribution >= 0.6 is 0 Å². The third kappa shape index (κ3) is 4.47. The second-order valence-corrected chi connectivity index (χ2v) is 9.84. The molecule has 10 nitrogen and oxygen atoms in total. The highest BCUT2D eigenvalue weighted by molar-refractivity contribution is 6.01. The Hall–Kier alpha value is -2.91. The molecule has 3 heterocycles. The molecule has 3 N–H and O–H groups in total. The zero-order valence-corrected chi connectivity index (χ0v) is 19.5. The summed E-state index contributed by atoms with van der Waals surface area (Å²) < 4.78 is 1.48. The first-order valence-electron chi connectivity index (χ1n) is 12.0. The van der Waals surface area contributed by atoms with Crippen LogP contribution in [0.1, 0.15) is 79.3 Å². The van der Waals surface area contributed by atoms with Crippen molar-refractivity contribution in [2.75, 3.05) is 20.1 Å². The van der Waals surface area contributed by atoms with E-state index in [2.05, 4.69) is 10.4 Å². The molecule has 3 aliphatic rings. The molecule has 33 heavy (non-hydrogen) atoms. The van der Waals surface area contributed by atoms with Gasteiger partial charge in [0.05, 0.1) is 6.54 Å². The van der Waals surface area contributed by atoms with Crippen LogP contribution in [0.25, 0.3) is 0 Å². The van der Waals surface area contributed by atoms with Crippen LogP contribution in [-0.4, -0.2) is 74.9 Å². The zero-order chi connectivity index (χ0) is 23.8. The quantitative estimate of drug-likeness (QED) is 0.648. The Morgan fingerprint density at radius 2 is 1.73 bits per heavy atom. The third-order valence-corrected chi connectivity index (χ3v) is 7.58. The van der Waals surface area contributed by atoms with Crippen LogP contribution in [0.15, 0.2) is 6.07 Å². The highest BCUT2D eigenvalue weighted by Crippen LogP contribution is 2.28. The van der Waals surface area contributed by atoms with E-state index in [0.717, 1.165) is 25.7 Å². The smallest absolute Gasteiger partial charge is 0.274 e. The predicted octanol–water partition coefficient (Wildman–Crippen LogP) is 0.904. The topological polar surface area (TPSA) is 131 Å². The molecule has 1 saturated heterocycles. The number of nitrogens with zero attached hydrogens (tertiary/aromatic N) is 4. The second-order valence-electron chi connectivity index (χ2n) is 9.84. The van der Waals surface area contributed by atoms with Gasteiger partial charge in [-0.1, -0.05) is 25.7 Å². The molecule has 1 atom stereocenters. The lowest BCUT2D eigenvalue weighted by Crippen LogP contribution is -2.63. The van der Waals surface area contributed by atoms with Gasteiger partial charge in [-0.2, -0.15) is 5.10 Å². The van der Waals surface area contributed by atoms with Gasteiger partial charge in [-0.05, 0) is 32.6 Å². The van der Waals surface area contributed by atoms with E-state index in [0.29, 0.717) is 31.6 Å². The molecule has 1 aromatic rings. The van der Waals surface area contributed by atoms with E-state index < -0.39 is 5.54 Å². The van der Waals surface area contributed by atoms with E-state index in [1.807, 2.05) is 0 Å². The molecule has 4 rings (SSSR count). The molecular formula is C23H34N6O4. The number of piperidine rings is 1. The van der Waals surface area contributed by atoms with Crippen molar-refractivity contribution in [3.8, 4) is 0 Å². The molecule has 1 aliphatic carbocycles. The number of hydrogen-bond acceptors (Lipinski definition) is 5. The number of nitrogens with two attached hydrogens (primary N) is 1. The van der Waals surface area contributed by atoms with E-state index in [1.54, 1.807) is 18.9 Å². The minimum Gasteiger partial charge on any atom is -0.369 e. The number of nitrogens with one attached hydrogen (secondary N) is 1. The van der Waals surface area contributed by atoms with Crippen molar-refractivity contribution < 1.29 is 19.2 Å². The lowest BCUT2D eigenvalue weighted by atomic mass is 9.94. The van der Waals surface area contributed by atoms with E-state index in [1.165, 1.54) is 28.5 Å². The molecular weight excluding hydrogens is 424 g/mol. The van der Waals surface area contributed by atoms with Crippen molar-refractivity contribution in [1.29, 1.82) is 0 Å². The molecule has 0 bridgehead atoms. The van der Waals surface area contributed by atoms with Crippen LogP contribution in [0.3, 0.4) is 0 Å². The zero-order valence-electron chi connectivity index (χ0n) is 19.5. The van der Waals surface area contributed by atoms with Gasteiger partial charge < -0.3 is 20.9 Å². The molecule has 180 valence electrons. The Labute approximate surface area is 193 Å². The van der Waals surface area contributed by atoms with Gasteiger partial charge >= 0.3 is 0 Å². The average Bonchev–Trinajstić information content (AvgIpc) is 3.05.